The van der Waals surface area contributed by atoms with Gasteiger partial charge in [0, 0.05) is 0 Å². The van der Waals surface area contributed by atoms with Crippen molar-refractivity contribution in [2.45, 2.75) is 18.9 Å². The summed E-state index contributed by atoms with van der Waals surface area (Å²) in [5.74, 6) is 0.197. The molecule has 0 bridgehead atoms. The van der Waals surface area contributed by atoms with Crippen LogP contribution in [0.3, 0.4) is 0 Å². The predicted octanol–water partition coefficient (Wildman–Crippen LogP) is 4.80. The monoisotopic (exact) mass is 440 g/mol. The van der Waals surface area contributed by atoms with E-state index in [0.29, 0.717) is 19.0 Å². The summed E-state index contributed by atoms with van der Waals surface area (Å²) < 4.78 is 0. The van der Waals surface area contributed by atoms with E-state index in [4.69, 9.17) is 0 Å². The Balaban J connectivity index is 1.69. The topological polar surface area (TPSA) is 37.3 Å². The van der Waals surface area contributed by atoms with E-state index in [2.05, 4.69) is 72.8 Å². The van der Waals surface area contributed by atoms with E-state index < -0.39 is 13.4 Å². The summed E-state index contributed by atoms with van der Waals surface area (Å²) in [7, 11) is -2.57. The first-order valence-corrected chi connectivity index (χ1v) is 13.3. The quantitative estimate of drug-likeness (QED) is 0.380. The molecule has 0 aliphatic rings. The average molecular weight is 441 g/mol. The van der Waals surface area contributed by atoms with Gasteiger partial charge in [-0.25, -0.2) is 0 Å². The summed E-state index contributed by atoms with van der Waals surface area (Å²) in [6.45, 7) is 0. The van der Waals surface area contributed by atoms with Gasteiger partial charge in [0.1, 0.15) is 0 Å². The van der Waals surface area contributed by atoms with E-state index in [1.54, 1.807) is 0 Å². The molecule has 1 N–H and O–H groups in total. The molecular formula is C29H29O2P. The SMILES string of the molecule is O=C(CCC(O)c1ccccc1)C[PH](c1ccccc1)(c1ccccc1)c1ccccc1. The van der Waals surface area contributed by atoms with Crippen molar-refractivity contribution in [2.24, 2.45) is 0 Å². The molecule has 162 valence electrons. The Morgan fingerprint density at radius 3 is 1.41 bits per heavy atom. The Hall–Kier alpha value is -3.06. The molecule has 0 saturated heterocycles. The number of rotatable bonds is 9. The predicted molar refractivity (Wildman–Crippen MR) is 137 cm³/mol. The van der Waals surface area contributed by atoms with Crippen molar-refractivity contribution in [3.05, 3.63) is 127 Å². The molecule has 3 heteroatoms. The Kier molecular flexibility index (Phi) is 7.27. The Labute approximate surface area is 190 Å². The van der Waals surface area contributed by atoms with Gasteiger partial charge in [0.05, 0.1) is 0 Å². The fourth-order valence-electron chi connectivity index (χ4n) is 4.50. The van der Waals surface area contributed by atoms with Crippen LogP contribution in [0.2, 0.25) is 0 Å². The van der Waals surface area contributed by atoms with Gasteiger partial charge in [-0.1, -0.05) is 0 Å². The van der Waals surface area contributed by atoms with Crippen LogP contribution in [0, 0.1) is 0 Å². The number of Topliss-reactive ketones (excluding diaryl/α,β-unsaturated/α-hetero) is 1. The van der Waals surface area contributed by atoms with Crippen LogP contribution in [0.25, 0.3) is 0 Å². The molecule has 4 aromatic carbocycles. The standard InChI is InChI=1S/C29H29O2P/c30-25(21-22-29(31)24-13-5-1-6-14-24)23-32(26-15-7-2-8-16-26,27-17-9-3-10-18-27)28-19-11-4-12-20-28/h1-20,29,31-32H,21-23H2. The molecule has 4 aromatic rings. The van der Waals surface area contributed by atoms with Crippen molar-refractivity contribution < 1.29 is 9.90 Å². The summed E-state index contributed by atoms with van der Waals surface area (Å²) in [4.78, 5) is 13.4. The molecule has 0 saturated carbocycles. The Bertz CT molecular complexity index is 1020. The zero-order valence-corrected chi connectivity index (χ0v) is 19.1. The number of carbonyl (C=O) groups excluding carboxylic acids is 1. The van der Waals surface area contributed by atoms with Crippen molar-refractivity contribution in [2.75, 3.05) is 6.16 Å². The summed E-state index contributed by atoms with van der Waals surface area (Å²) in [6.07, 6.45) is 0.650. The van der Waals surface area contributed by atoms with E-state index in [9.17, 15) is 9.90 Å². The first-order valence-electron chi connectivity index (χ1n) is 11.1. The van der Waals surface area contributed by atoms with E-state index in [1.807, 2.05) is 48.5 Å². The van der Waals surface area contributed by atoms with Gasteiger partial charge in [0.2, 0.25) is 0 Å². The van der Waals surface area contributed by atoms with Crippen LogP contribution in [-0.2, 0) is 4.79 Å². The number of hydrogen-bond donors (Lipinski definition) is 1. The molecule has 0 aromatic heterocycles. The van der Waals surface area contributed by atoms with Crippen molar-refractivity contribution in [3.8, 4) is 0 Å². The normalized spacial score (nSPS) is 12.8. The Morgan fingerprint density at radius 1 is 0.625 bits per heavy atom. The molecule has 0 fully saturated rings. The third-order valence-corrected chi connectivity index (χ3v) is 11.0. The van der Waals surface area contributed by atoms with Crippen molar-refractivity contribution >= 4 is 29.0 Å². The van der Waals surface area contributed by atoms with E-state index >= 15 is 0 Å². The molecule has 0 heterocycles. The maximum atomic E-state index is 13.4. The van der Waals surface area contributed by atoms with Gasteiger partial charge < -0.3 is 0 Å². The average Bonchev–Trinajstić information content (AvgIpc) is 2.88. The minimum atomic E-state index is -2.57. The number of ketones is 1. The van der Waals surface area contributed by atoms with Crippen LogP contribution >= 0.6 is 7.26 Å². The molecule has 0 radical (unpaired) electrons. The molecule has 2 nitrogen and oxygen atoms in total. The summed E-state index contributed by atoms with van der Waals surface area (Å²) >= 11 is 0. The molecule has 1 atom stereocenters. The second-order valence-electron chi connectivity index (χ2n) is 8.18. The van der Waals surface area contributed by atoms with Crippen molar-refractivity contribution in [3.63, 3.8) is 0 Å². The van der Waals surface area contributed by atoms with E-state index in [0.717, 1.165) is 5.56 Å². The van der Waals surface area contributed by atoms with Crippen molar-refractivity contribution in [1.29, 1.82) is 0 Å². The van der Waals surface area contributed by atoms with Crippen LogP contribution in [0.5, 0.6) is 0 Å². The van der Waals surface area contributed by atoms with Crippen LogP contribution < -0.4 is 15.9 Å². The van der Waals surface area contributed by atoms with E-state index in [1.165, 1.54) is 15.9 Å². The molecule has 32 heavy (non-hydrogen) atoms. The van der Waals surface area contributed by atoms with Crippen LogP contribution in [0.4, 0.5) is 0 Å². The van der Waals surface area contributed by atoms with Gasteiger partial charge in [0.25, 0.3) is 0 Å². The van der Waals surface area contributed by atoms with Gasteiger partial charge in [-0.3, -0.25) is 0 Å². The van der Waals surface area contributed by atoms with Gasteiger partial charge >= 0.3 is 191 Å². The first-order chi connectivity index (χ1) is 15.7. The molecular weight excluding hydrogens is 411 g/mol. The fraction of sp³-hybridized carbons (Fsp3) is 0.138. The molecule has 1 unspecified atom stereocenters. The number of aliphatic hydroxyl groups is 1. The van der Waals surface area contributed by atoms with Crippen LogP contribution in [0.15, 0.2) is 121 Å². The summed E-state index contributed by atoms with van der Waals surface area (Å²) in [6, 6.07) is 41.0. The van der Waals surface area contributed by atoms with Gasteiger partial charge in [-0.15, -0.1) is 0 Å². The van der Waals surface area contributed by atoms with Gasteiger partial charge in [0.15, 0.2) is 0 Å². The zero-order valence-electron chi connectivity index (χ0n) is 18.1. The van der Waals surface area contributed by atoms with Crippen LogP contribution in [-0.4, -0.2) is 17.1 Å². The third kappa shape index (κ3) is 4.88. The number of hydrogen-bond acceptors (Lipinski definition) is 2. The van der Waals surface area contributed by atoms with Gasteiger partial charge in [-0.05, 0) is 0 Å². The van der Waals surface area contributed by atoms with E-state index in [-0.39, 0.29) is 5.78 Å². The second-order valence-corrected chi connectivity index (χ2v) is 12.1. The third-order valence-electron chi connectivity index (χ3n) is 6.14. The number of carbonyl (C=O) groups is 1. The summed E-state index contributed by atoms with van der Waals surface area (Å²) in [5, 5.41) is 14.3. The van der Waals surface area contributed by atoms with Crippen LogP contribution in [0.1, 0.15) is 24.5 Å². The van der Waals surface area contributed by atoms with Crippen molar-refractivity contribution in [1.82, 2.24) is 0 Å². The number of aliphatic hydroxyl groups excluding tert-OH is 1. The second kappa shape index (κ2) is 10.5. The maximum absolute atomic E-state index is 13.4. The number of benzene rings is 4. The first kappa shape index (κ1) is 22.1. The zero-order chi connectivity index (χ0) is 22.2. The molecule has 0 amide bonds. The minimum absolute atomic E-state index is 0.197. The van der Waals surface area contributed by atoms with Gasteiger partial charge in [-0.2, -0.15) is 0 Å². The molecule has 0 aliphatic heterocycles. The Morgan fingerprint density at radius 2 is 1.00 bits per heavy atom. The summed E-state index contributed by atoms with van der Waals surface area (Å²) in [5.41, 5.74) is 0.859. The fourth-order valence-corrected chi connectivity index (χ4v) is 9.16. The molecule has 4 rings (SSSR count). The molecule has 0 aliphatic carbocycles. The molecule has 0 spiro atoms.